The van der Waals surface area contributed by atoms with Crippen molar-refractivity contribution in [1.29, 1.82) is 0 Å². The number of nitrogens with one attached hydrogen (secondary N) is 1. The van der Waals surface area contributed by atoms with Crippen LogP contribution in [0.3, 0.4) is 0 Å². The first-order valence-corrected chi connectivity index (χ1v) is 7.13. The smallest absolute Gasteiger partial charge is 0.228 e. The molecule has 2 aromatic heterocycles. The molecule has 1 unspecified atom stereocenters. The van der Waals surface area contributed by atoms with Gasteiger partial charge in [-0.3, -0.25) is 4.68 Å². The summed E-state index contributed by atoms with van der Waals surface area (Å²) < 4.78 is 7.08. The maximum atomic E-state index is 5.35. The average Bonchev–Trinajstić information content (AvgIpc) is 2.97. The second kappa shape index (κ2) is 6.65. The predicted molar refractivity (Wildman–Crippen MR) is 77.1 cm³/mol. The van der Waals surface area contributed by atoms with E-state index in [0.29, 0.717) is 23.7 Å². The molecular formula is C14H23N5O. The molecule has 6 heteroatoms. The van der Waals surface area contributed by atoms with Crippen molar-refractivity contribution in [3.05, 3.63) is 18.3 Å². The summed E-state index contributed by atoms with van der Waals surface area (Å²) in [5, 5.41) is 11.6. The average molecular weight is 277 g/mol. The molecule has 2 rings (SSSR count). The van der Waals surface area contributed by atoms with Crippen LogP contribution in [0.1, 0.15) is 33.1 Å². The summed E-state index contributed by atoms with van der Waals surface area (Å²) in [5.74, 6) is 1.92. The van der Waals surface area contributed by atoms with Crippen molar-refractivity contribution in [3.8, 4) is 11.4 Å². The Morgan fingerprint density at radius 2 is 2.20 bits per heavy atom. The van der Waals surface area contributed by atoms with Gasteiger partial charge in [0.1, 0.15) is 0 Å². The van der Waals surface area contributed by atoms with Gasteiger partial charge in [0, 0.05) is 25.7 Å². The molecule has 2 heterocycles. The number of likely N-dealkylation sites (N-methyl/N-ethyl adjacent to an activating group) is 1. The Balaban J connectivity index is 2.04. The number of hydrogen-bond donors (Lipinski definition) is 1. The molecule has 0 aliphatic heterocycles. The molecule has 0 aromatic carbocycles. The van der Waals surface area contributed by atoms with Crippen molar-refractivity contribution in [2.24, 2.45) is 13.0 Å². The monoisotopic (exact) mass is 277 g/mol. The third kappa shape index (κ3) is 3.90. The molecule has 1 atom stereocenters. The zero-order valence-electron chi connectivity index (χ0n) is 12.6. The van der Waals surface area contributed by atoms with Gasteiger partial charge in [0.15, 0.2) is 0 Å². The van der Waals surface area contributed by atoms with E-state index in [1.54, 1.807) is 10.9 Å². The molecule has 0 aliphatic carbocycles. The number of aromatic nitrogens is 4. The van der Waals surface area contributed by atoms with Gasteiger partial charge in [-0.15, -0.1) is 0 Å². The van der Waals surface area contributed by atoms with Gasteiger partial charge >= 0.3 is 0 Å². The van der Waals surface area contributed by atoms with E-state index in [1.807, 2.05) is 13.2 Å². The van der Waals surface area contributed by atoms with Gasteiger partial charge in [0.2, 0.25) is 11.7 Å². The van der Waals surface area contributed by atoms with Gasteiger partial charge in [0.05, 0.1) is 11.8 Å². The zero-order chi connectivity index (χ0) is 14.5. The molecular weight excluding hydrogens is 254 g/mol. The highest BCUT2D eigenvalue weighted by Gasteiger charge is 2.16. The van der Waals surface area contributed by atoms with Crippen LogP contribution in [0.15, 0.2) is 16.9 Å². The van der Waals surface area contributed by atoms with E-state index in [1.165, 1.54) is 0 Å². The first-order valence-electron chi connectivity index (χ1n) is 7.13. The molecule has 0 bridgehead atoms. The topological polar surface area (TPSA) is 68.8 Å². The second-order valence-electron chi connectivity index (χ2n) is 5.50. The van der Waals surface area contributed by atoms with Crippen LogP contribution >= 0.6 is 0 Å². The number of aryl methyl sites for hydroxylation is 1. The summed E-state index contributed by atoms with van der Waals surface area (Å²) in [5.41, 5.74) is 0.881. The fraction of sp³-hybridized carbons (Fsp3) is 0.643. The third-order valence-electron chi connectivity index (χ3n) is 3.10. The lowest BCUT2D eigenvalue weighted by molar-refractivity contribution is 0.340. The SMILES string of the molecule is CCNC(Cc1nc(-c2cnn(C)c2)no1)CC(C)C. The minimum Gasteiger partial charge on any atom is -0.339 e. The Labute approximate surface area is 119 Å². The van der Waals surface area contributed by atoms with Gasteiger partial charge in [-0.1, -0.05) is 25.9 Å². The van der Waals surface area contributed by atoms with Gasteiger partial charge in [0.25, 0.3) is 0 Å². The number of hydrogen-bond acceptors (Lipinski definition) is 5. The number of nitrogens with zero attached hydrogens (tertiary/aromatic N) is 4. The van der Waals surface area contributed by atoms with Gasteiger partial charge < -0.3 is 9.84 Å². The van der Waals surface area contributed by atoms with Gasteiger partial charge in [-0.05, 0) is 18.9 Å². The van der Waals surface area contributed by atoms with Crippen LogP contribution < -0.4 is 5.32 Å². The molecule has 0 aliphatic rings. The summed E-state index contributed by atoms with van der Waals surface area (Å²) in [6.07, 6.45) is 5.48. The highest BCUT2D eigenvalue weighted by atomic mass is 16.5. The van der Waals surface area contributed by atoms with E-state index < -0.39 is 0 Å². The largest absolute Gasteiger partial charge is 0.339 e. The third-order valence-corrected chi connectivity index (χ3v) is 3.10. The Morgan fingerprint density at radius 3 is 2.80 bits per heavy atom. The van der Waals surface area contributed by atoms with Crippen LogP contribution in [-0.4, -0.2) is 32.5 Å². The van der Waals surface area contributed by atoms with E-state index in [-0.39, 0.29) is 0 Å². The van der Waals surface area contributed by atoms with E-state index >= 15 is 0 Å². The summed E-state index contributed by atoms with van der Waals surface area (Å²) in [6.45, 7) is 7.50. The molecule has 0 amide bonds. The maximum absolute atomic E-state index is 5.35. The number of rotatable bonds is 7. The lowest BCUT2D eigenvalue weighted by Crippen LogP contribution is -2.32. The van der Waals surface area contributed by atoms with Crippen LogP contribution in [0, 0.1) is 5.92 Å². The standard InChI is InChI=1S/C14H23N5O/c1-5-15-12(6-10(2)3)7-13-17-14(18-20-13)11-8-16-19(4)9-11/h8-10,12,15H,5-7H2,1-4H3. The highest BCUT2D eigenvalue weighted by molar-refractivity contribution is 5.50. The summed E-state index contributed by atoms with van der Waals surface area (Å²) in [6, 6.07) is 0.377. The Kier molecular flexibility index (Phi) is 4.89. The summed E-state index contributed by atoms with van der Waals surface area (Å²) >= 11 is 0. The van der Waals surface area contributed by atoms with Crippen molar-refractivity contribution in [3.63, 3.8) is 0 Å². The molecule has 0 spiro atoms. The molecule has 1 N–H and O–H groups in total. The van der Waals surface area contributed by atoms with E-state index in [4.69, 9.17) is 4.52 Å². The van der Waals surface area contributed by atoms with E-state index in [9.17, 15) is 0 Å². The Bertz CT molecular complexity index is 531. The fourth-order valence-corrected chi connectivity index (χ4v) is 2.30. The van der Waals surface area contributed by atoms with Crippen LogP contribution in [-0.2, 0) is 13.5 Å². The van der Waals surface area contributed by atoms with Crippen molar-refractivity contribution in [2.75, 3.05) is 6.54 Å². The minimum atomic E-state index is 0.377. The molecule has 110 valence electrons. The first kappa shape index (κ1) is 14.7. The van der Waals surface area contributed by atoms with Gasteiger partial charge in [-0.2, -0.15) is 10.1 Å². The zero-order valence-corrected chi connectivity index (χ0v) is 12.6. The van der Waals surface area contributed by atoms with Crippen molar-refractivity contribution < 1.29 is 4.52 Å². The molecule has 0 radical (unpaired) electrons. The Morgan fingerprint density at radius 1 is 1.40 bits per heavy atom. The summed E-state index contributed by atoms with van der Waals surface area (Å²) in [4.78, 5) is 4.45. The van der Waals surface area contributed by atoms with Gasteiger partial charge in [-0.25, -0.2) is 0 Å². The quantitative estimate of drug-likeness (QED) is 0.838. The molecule has 0 fully saturated rings. The van der Waals surface area contributed by atoms with Crippen LogP contribution in [0.4, 0.5) is 0 Å². The summed E-state index contributed by atoms with van der Waals surface area (Å²) in [7, 11) is 1.87. The lowest BCUT2D eigenvalue weighted by atomic mass is 10.0. The fourth-order valence-electron chi connectivity index (χ4n) is 2.30. The first-order chi connectivity index (χ1) is 9.58. The van der Waals surface area contributed by atoms with Crippen LogP contribution in [0.25, 0.3) is 11.4 Å². The minimum absolute atomic E-state index is 0.377. The van der Waals surface area contributed by atoms with E-state index in [0.717, 1.165) is 24.9 Å². The van der Waals surface area contributed by atoms with E-state index in [2.05, 4.69) is 41.3 Å². The Hall–Kier alpha value is -1.69. The molecule has 0 saturated carbocycles. The predicted octanol–water partition coefficient (Wildman–Crippen LogP) is 2.04. The van der Waals surface area contributed by atoms with Crippen molar-refractivity contribution >= 4 is 0 Å². The van der Waals surface area contributed by atoms with Crippen molar-refractivity contribution in [2.45, 2.75) is 39.7 Å². The lowest BCUT2D eigenvalue weighted by Gasteiger charge is -2.17. The highest BCUT2D eigenvalue weighted by Crippen LogP contribution is 2.16. The molecule has 2 aromatic rings. The molecule has 0 saturated heterocycles. The van der Waals surface area contributed by atoms with Crippen LogP contribution in [0.2, 0.25) is 0 Å². The molecule has 20 heavy (non-hydrogen) atoms. The maximum Gasteiger partial charge on any atom is 0.228 e. The van der Waals surface area contributed by atoms with Crippen molar-refractivity contribution in [1.82, 2.24) is 25.2 Å². The molecule has 6 nitrogen and oxygen atoms in total. The normalized spacial score (nSPS) is 13.1. The van der Waals surface area contributed by atoms with Crippen LogP contribution in [0.5, 0.6) is 0 Å². The second-order valence-corrected chi connectivity index (χ2v) is 5.50.